The van der Waals surface area contributed by atoms with Crippen LogP contribution >= 0.6 is 0 Å². The second-order valence-electron chi connectivity index (χ2n) is 6.44. The van der Waals surface area contributed by atoms with E-state index in [4.69, 9.17) is 9.47 Å². The first-order valence-electron chi connectivity index (χ1n) is 7.00. The van der Waals surface area contributed by atoms with Gasteiger partial charge in [-0.3, -0.25) is 4.79 Å². The monoisotopic (exact) mass is 279 g/mol. The van der Waals surface area contributed by atoms with E-state index >= 15 is 0 Å². The number of pyridine rings is 1. The van der Waals surface area contributed by atoms with E-state index in [0.29, 0.717) is 17.3 Å². The molecule has 0 saturated carbocycles. The predicted octanol–water partition coefficient (Wildman–Crippen LogP) is 3.88. The van der Waals surface area contributed by atoms with Crippen LogP contribution in [0.5, 0.6) is 11.8 Å². The number of nitrogens with zero attached hydrogens (tertiary/aromatic N) is 1. The molecule has 1 rings (SSSR count). The smallest absolute Gasteiger partial charge is 0.217 e. The van der Waals surface area contributed by atoms with E-state index in [1.54, 1.807) is 12.1 Å². The number of ketones is 1. The maximum Gasteiger partial charge on any atom is 0.217 e. The van der Waals surface area contributed by atoms with Gasteiger partial charge >= 0.3 is 0 Å². The zero-order valence-electron chi connectivity index (χ0n) is 13.5. The topological polar surface area (TPSA) is 48.4 Å². The third-order valence-corrected chi connectivity index (χ3v) is 2.43. The Kier molecular flexibility index (Phi) is 5.15. The van der Waals surface area contributed by atoms with Crippen molar-refractivity contribution in [2.45, 2.75) is 60.7 Å². The fourth-order valence-electron chi connectivity index (χ4n) is 1.65. The summed E-state index contributed by atoms with van der Waals surface area (Å²) in [6.45, 7) is 13.3. The van der Waals surface area contributed by atoms with Crippen molar-refractivity contribution in [2.24, 2.45) is 5.41 Å². The fourth-order valence-corrected chi connectivity index (χ4v) is 1.65. The van der Waals surface area contributed by atoms with Gasteiger partial charge in [-0.1, -0.05) is 20.8 Å². The van der Waals surface area contributed by atoms with Crippen LogP contribution in [0, 0.1) is 5.41 Å². The lowest BCUT2D eigenvalue weighted by atomic mass is 9.87. The summed E-state index contributed by atoms with van der Waals surface area (Å²) in [5.74, 6) is 0.888. The molecule has 0 bridgehead atoms. The minimum Gasteiger partial charge on any atom is -0.475 e. The minimum atomic E-state index is -0.453. The second kappa shape index (κ2) is 6.25. The van der Waals surface area contributed by atoms with Crippen LogP contribution in [-0.4, -0.2) is 23.0 Å². The summed E-state index contributed by atoms with van der Waals surface area (Å²) < 4.78 is 11.2. The third-order valence-electron chi connectivity index (χ3n) is 2.43. The molecule has 0 saturated heterocycles. The number of rotatable bonds is 5. The normalized spacial score (nSPS) is 11.8. The molecular weight excluding hydrogens is 254 g/mol. The molecule has 0 amide bonds. The highest BCUT2D eigenvalue weighted by Crippen LogP contribution is 2.26. The van der Waals surface area contributed by atoms with Crippen LogP contribution < -0.4 is 9.47 Å². The summed E-state index contributed by atoms with van der Waals surface area (Å²) in [4.78, 5) is 16.7. The maximum absolute atomic E-state index is 12.4. The van der Waals surface area contributed by atoms with Gasteiger partial charge in [0.15, 0.2) is 5.78 Å². The molecule has 0 atom stereocenters. The van der Waals surface area contributed by atoms with Crippen LogP contribution in [-0.2, 0) is 0 Å². The molecule has 112 valence electrons. The Hall–Kier alpha value is -1.58. The Balaban J connectivity index is 3.19. The molecule has 0 spiro atoms. The highest BCUT2D eigenvalue weighted by molar-refractivity contribution is 6.00. The molecule has 0 N–H and O–H groups in total. The molecule has 4 nitrogen and oxygen atoms in total. The molecule has 20 heavy (non-hydrogen) atoms. The Bertz CT molecular complexity index is 445. The molecule has 0 fully saturated rings. The molecule has 0 unspecified atom stereocenters. The fraction of sp³-hybridized carbons (Fsp3) is 0.625. The van der Waals surface area contributed by atoms with Crippen LogP contribution in [0.3, 0.4) is 0 Å². The number of carbonyl (C=O) groups excluding carboxylic acids is 1. The number of aromatic nitrogens is 1. The Morgan fingerprint density at radius 3 is 1.70 bits per heavy atom. The van der Waals surface area contributed by atoms with Crippen molar-refractivity contribution in [1.29, 1.82) is 0 Å². The van der Waals surface area contributed by atoms with Gasteiger partial charge in [0.25, 0.3) is 0 Å². The van der Waals surface area contributed by atoms with Crippen LogP contribution in [0.1, 0.15) is 58.8 Å². The first-order chi connectivity index (χ1) is 9.09. The SMILES string of the molecule is CC(C)Oc1cc(C(=O)C(C)(C)C)cc(OC(C)C)n1. The van der Waals surface area contributed by atoms with Gasteiger partial charge in [-0.2, -0.15) is 4.98 Å². The van der Waals surface area contributed by atoms with E-state index in [2.05, 4.69) is 4.98 Å². The Labute approximate surface area is 121 Å². The van der Waals surface area contributed by atoms with E-state index < -0.39 is 5.41 Å². The summed E-state index contributed by atoms with van der Waals surface area (Å²) in [5.41, 5.74) is 0.116. The van der Waals surface area contributed by atoms with Crippen LogP contribution in [0.15, 0.2) is 12.1 Å². The van der Waals surface area contributed by atoms with E-state index in [1.165, 1.54) is 0 Å². The summed E-state index contributed by atoms with van der Waals surface area (Å²) in [6, 6.07) is 3.36. The molecule has 1 heterocycles. The van der Waals surface area contributed by atoms with Gasteiger partial charge in [0, 0.05) is 23.1 Å². The predicted molar refractivity (Wildman–Crippen MR) is 79.6 cm³/mol. The summed E-state index contributed by atoms with van der Waals surface area (Å²) in [5, 5.41) is 0. The molecule has 0 aromatic carbocycles. The maximum atomic E-state index is 12.4. The highest BCUT2D eigenvalue weighted by Gasteiger charge is 2.24. The minimum absolute atomic E-state index is 0.00520. The number of hydrogen-bond donors (Lipinski definition) is 0. The molecule has 1 aromatic heterocycles. The molecular formula is C16H25NO3. The van der Waals surface area contributed by atoms with Crippen LogP contribution in [0.25, 0.3) is 0 Å². The van der Waals surface area contributed by atoms with E-state index in [1.807, 2.05) is 48.5 Å². The first kappa shape index (κ1) is 16.5. The van der Waals surface area contributed by atoms with E-state index in [0.717, 1.165) is 0 Å². The number of hydrogen-bond acceptors (Lipinski definition) is 4. The first-order valence-corrected chi connectivity index (χ1v) is 7.00. The van der Waals surface area contributed by atoms with Crippen molar-refractivity contribution in [1.82, 2.24) is 4.98 Å². The third kappa shape index (κ3) is 4.83. The lowest BCUT2D eigenvalue weighted by Crippen LogP contribution is -2.21. The van der Waals surface area contributed by atoms with Gasteiger partial charge in [-0.15, -0.1) is 0 Å². The summed E-state index contributed by atoms with van der Waals surface area (Å²) >= 11 is 0. The van der Waals surface area contributed by atoms with Gasteiger partial charge in [-0.05, 0) is 27.7 Å². The van der Waals surface area contributed by atoms with Crippen molar-refractivity contribution in [3.63, 3.8) is 0 Å². The molecule has 0 aliphatic heterocycles. The molecule has 0 aliphatic rings. The molecule has 1 aromatic rings. The summed E-state index contributed by atoms with van der Waals surface area (Å²) in [6.07, 6.45) is -0.0104. The average Bonchev–Trinajstić information content (AvgIpc) is 2.24. The Morgan fingerprint density at radius 1 is 1.00 bits per heavy atom. The van der Waals surface area contributed by atoms with Crippen molar-refractivity contribution in [3.05, 3.63) is 17.7 Å². The largest absolute Gasteiger partial charge is 0.475 e. The molecule has 0 radical (unpaired) electrons. The highest BCUT2D eigenvalue weighted by atomic mass is 16.5. The lowest BCUT2D eigenvalue weighted by molar-refractivity contribution is 0.0856. The van der Waals surface area contributed by atoms with Gasteiger partial charge in [-0.25, -0.2) is 0 Å². The van der Waals surface area contributed by atoms with Crippen LogP contribution in [0.2, 0.25) is 0 Å². The van der Waals surface area contributed by atoms with E-state index in [9.17, 15) is 4.79 Å². The number of ether oxygens (including phenoxy) is 2. The van der Waals surface area contributed by atoms with Gasteiger partial charge in [0.2, 0.25) is 11.8 Å². The van der Waals surface area contributed by atoms with Crippen molar-refractivity contribution in [2.75, 3.05) is 0 Å². The van der Waals surface area contributed by atoms with Gasteiger partial charge < -0.3 is 9.47 Å². The van der Waals surface area contributed by atoms with Crippen LogP contribution in [0.4, 0.5) is 0 Å². The quantitative estimate of drug-likeness (QED) is 0.767. The van der Waals surface area contributed by atoms with Crippen molar-refractivity contribution >= 4 is 5.78 Å². The standard InChI is InChI=1S/C16H25NO3/c1-10(2)19-13-8-12(15(18)16(5,6)7)9-14(17-13)20-11(3)4/h8-11H,1-7H3. The second-order valence-corrected chi connectivity index (χ2v) is 6.44. The van der Waals surface area contributed by atoms with Gasteiger partial charge in [0.1, 0.15) is 0 Å². The Morgan fingerprint density at radius 2 is 1.40 bits per heavy atom. The number of carbonyl (C=O) groups is 1. The molecule has 4 heteroatoms. The zero-order chi connectivity index (χ0) is 15.5. The average molecular weight is 279 g/mol. The van der Waals surface area contributed by atoms with Crippen molar-refractivity contribution < 1.29 is 14.3 Å². The molecule has 0 aliphatic carbocycles. The number of Topliss-reactive ketones (excluding diaryl/α,β-unsaturated/α-hetero) is 1. The summed E-state index contributed by atoms with van der Waals surface area (Å²) in [7, 11) is 0. The van der Waals surface area contributed by atoms with Crippen molar-refractivity contribution in [3.8, 4) is 11.8 Å². The zero-order valence-corrected chi connectivity index (χ0v) is 13.5. The van der Waals surface area contributed by atoms with Gasteiger partial charge in [0.05, 0.1) is 12.2 Å². The van der Waals surface area contributed by atoms with E-state index in [-0.39, 0.29) is 18.0 Å². The lowest BCUT2D eigenvalue weighted by Gasteiger charge is -2.19.